The number of carbonyl (C=O) groups excluding carboxylic acids is 1. The molecule has 1 N–H and O–H groups in total. The number of aromatic amines is 1. The van der Waals surface area contributed by atoms with Crippen molar-refractivity contribution >= 4 is 40.3 Å². The van der Waals surface area contributed by atoms with Gasteiger partial charge in [0.2, 0.25) is 0 Å². The van der Waals surface area contributed by atoms with Crippen LogP contribution in [0.15, 0.2) is 27.8 Å². The van der Waals surface area contributed by atoms with E-state index < -0.39 is 11.2 Å². The number of piperidine rings is 1. The second-order valence-electron chi connectivity index (χ2n) is 7.22. The summed E-state index contributed by atoms with van der Waals surface area (Å²) in [7, 11) is 3.03. The Kier molecular flexibility index (Phi) is 5.00. The summed E-state index contributed by atoms with van der Waals surface area (Å²) in [5, 5.41) is 0.831. The van der Waals surface area contributed by atoms with Crippen molar-refractivity contribution in [3.05, 3.63) is 60.5 Å². The van der Waals surface area contributed by atoms with E-state index in [9.17, 15) is 14.4 Å². The third-order valence-electron chi connectivity index (χ3n) is 5.44. The van der Waals surface area contributed by atoms with Crippen LogP contribution in [0.3, 0.4) is 0 Å². The molecule has 0 saturated carbocycles. The predicted octanol–water partition coefficient (Wildman–Crippen LogP) is 2.29. The molecule has 3 aromatic rings. The minimum atomic E-state index is -0.417. The van der Waals surface area contributed by atoms with E-state index in [1.54, 1.807) is 30.1 Å². The van der Waals surface area contributed by atoms with E-state index in [1.165, 1.54) is 11.6 Å². The minimum Gasteiger partial charge on any atom is -0.339 e. The molecule has 1 aromatic carbocycles. The second-order valence-corrected chi connectivity index (χ2v) is 8.06. The summed E-state index contributed by atoms with van der Waals surface area (Å²) in [4.78, 5) is 46.6. The Labute approximate surface area is 175 Å². The number of imidazole rings is 1. The maximum atomic E-state index is 12.8. The van der Waals surface area contributed by atoms with Gasteiger partial charge in [0.05, 0.1) is 10.6 Å². The van der Waals surface area contributed by atoms with Crippen LogP contribution in [-0.4, -0.2) is 43.0 Å². The largest absolute Gasteiger partial charge is 0.339 e. The van der Waals surface area contributed by atoms with Gasteiger partial charge in [-0.1, -0.05) is 23.2 Å². The lowest BCUT2D eigenvalue weighted by atomic mass is 9.95. The Morgan fingerprint density at radius 2 is 1.83 bits per heavy atom. The van der Waals surface area contributed by atoms with Crippen LogP contribution in [0.1, 0.15) is 34.9 Å². The zero-order chi connectivity index (χ0) is 20.9. The lowest BCUT2D eigenvalue weighted by Gasteiger charge is -2.31. The van der Waals surface area contributed by atoms with Gasteiger partial charge in [0, 0.05) is 38.1 Å². The molecule has 0 radical (unpaired) electrons. The molecule has 3 heterocycles. The molecule has 4 rings (SSSR count). The van der Waals surface area contributed by atoms with Gasteiger partial charge in [-0.2, -0.15) is 0 Å². The van der Waals surface area contributed by atoms with E-state index in [-0.39, 0.29) is 11.8 Å². The van der Waals surface area contributed by atoms with Gasteiger partial charge < -0.3 is 9.88 Å². The van der Waals surface area contributed by atoms with Crippen molar-refractivity contribution in [2.24, 2.45) is 14.1 Å². The molecular weight excluding hydrogens is 417 g/mol. The second kappa shape index (κ2) is 7.35. The van der Waals surface area contributed by atoms with Crippen molar-refractivity contribution in [2.45, 2.75) is 18.8 Å². The Morgan fingerprint density at radius 3 is 2.52 bits per heavy atom. The number of aryl methyl sites for hydroxylation is 1. The highest BCUT2D eigenvalue weighted by Crippen LogP contribution is 2.29. The van der Waals surface area contributed by atoms with Crippen molar-refractivity contribution in [3.8, 4) is 0 Å². The fraction of sp³-hybridized carbons (Fsp3) is 0.368. The topological polar surface area (TPSA) is 93.0 Å². The van der Waals surface area contributed by atoms with E-state index in [0.717, 1.165) is 4.57 Å². The molecule has 29 heavy (non-hydrogen) atoms. The van der Waals surface area contributed by atoms with Crippen LogP contribution >= 0.6 is 23.2 Å². The fourth-order valence-corrected chi connectivity index (χ4v) is 4.10. The number of nitrogens with one attached hydrogen (secondary N) is 1. The molecule has 1 aliphatic heterocycles. The molecule has 1 amide bonds. The van der Waals surface area contributed by atoms with E-state index >= 15 is 0 Å². The van der Waals surface area contributed by atoms with E-state index in [4.69, 9.17) is 23.2 Å². The number of nitrogens with zero attached hydrogens (tertiary/aromatic N) is 4. The zero-order valence-corrected chi connectivity index (χ0v) is 17.4. The summed E-state index contributed by atoms with van der Waals surface area (Å²) < 4.78 is 2.41. The zero-order valence-electron chi connectivity index (χ0n) is 15.9. The average molecular weight is 436 g/mol. The Balaban J connectivity index is 1.56. The van der Waals surface area contributed by atoms with Crippen LogP contribution < -0.4 is 11.2 Å². The Bertz CT molecular complexity index is 1240. The van der Waals surface area contributed by atoms with E-state index in [1.807, 2.05) is 0 Å². The highest BCUT2D eigenvalue weighted by molar-refractivity contribution is 6.35. The van der Waals surface area contributed by atoms with Crippen molar-refractivity contribution in [1.82, 2.24) is 24.0 Å². The first kappa shape index (κ1) is 19.7. The summed E-state index contributed by atoms with van der Waals surface area (Å²) >= 11 is 12.2. The van der Waals surface area contributed by atoms with Crippen LogP contribution in [0.2, 0.25) is 10.0 Å². The number of fused-ring (bicyclic) bond motifs is 1. The maximum absolute atomic E-state index is 12.8. The number of hydrogen-bond acceptors (Lipinski definition) is 4. The highest BCUT2D eigenvalue weighted by atomic mass is 35.5. The molecule has 10 heteroatoms. The standard InChI is InChI=1S/C19H19Cl2N5O3/c1-24-16-14(18(28)25(2)19(24)29)22-15(23-16)10-5-7-26(8-6-10)17(27)12-9-11(20)3-4-13(12)21/h3-4,9-10H,5-8H2,1-2H3,(H,22,23). The van der Waals surface area contributed by atoms with Gasteiger partial charge in [-0.15, -0.1) is 0 Å². The number of halogens is 2. The highest BCUT2D eigenvalue weighted by Gasteiger charge is 2.28. The van der Waals surface area contributed by atoms with Crippen LogP contribution in [-0.2, 0) is 14.1 Å². The van der Waals surface area contributed by atoms with Crippen LogP contribution in [0.25, 0.3) is 11.2 Å². The summed E-state index contributed by atoms with van der Waals surface area (Å²) in [5.41, 5.74) is 0.232. The molecule has 0 unspecified atom stereocenters. The number of hydrogen-bond donors (Lipinski definition) is 1. The molecule has 0 atom stereocenters. The van der Waals surface area contributed by atoms with Crippen molar-refractivity contribution in [2.75, 3.05) is 13.1 Å². The number of likely N-dealkylation sites (tertiary alicyclic amines) is 1. The van der Waals surface area contributed by atoms with Gasteiger partial charge in [0.25, 0.3) is 11.5 Å². The molecular formula is C19H19Cl2N5O3. The van der Waals surface area contributed by atoms with E-state index in [0.29, 0.717) is 58.5 Å². The van der Waals surface area contributed by atoms with Crippen LogP contribution in [0, 0.1) is 0 Å². The monoisotopic (exact) mass is 435 g/mol. The van der Waals surface area contributed by atoms with Crippen molar-refractivity contribution in [1.29, 1.82) is 0 Å². The number of carbonyl (C=O) groups is 1. The lowest BCUT2D eigenvalue weighted by molar-refractivity contribution is 0.0711. The van der Waals surface area contributed by atoms with Crippen molar-refractivity contribution in [3.63, 3.8) is 0 Å². The van der Waals surface area contributed by atoms with Gasteiger partial charge in [-0.25, -0.2) is 9.78 Å². The van der Waals surface area contributed by atoms with Gasteiger partial charge >= 0.3 is 5.69 Å². The molecule has 2 aromatic heterocycles. The smallest absolute Gasteiger partial charge is 0.332 e. The van der Waals surface area contributed by atoms with Gasteiger partial charge in [-0.3, -0.25) is 18.7 Å². The first-order valence-electron chi connectivity index (χ1n) is 9.18. The van der Waals surface area contributed by atoms with Gasteiger partial charge in [-0.05, 0) is 31.0 Å². The molecule has 1 fully saturated rings. The Morgan fingerprint density at radius 1 is 1.14 bits per heavy atom. The van der Waals surface area contributed by atoms with Crippen LogP contribution in [0.5, 0.6) is 0 Å². The maximum Gasteiger partial charge on any atom is 0.332 e. The first-order chi connectivity index (χ1) is 13.8. The molecule has 0 bridgehead atoms. The van der Waals surface area contributed by atoms with E-state index in [2.05, 4.69) is 9.97 Å². The number of rotatable bonds is 2. The number of H-pyrrole nitrogens is 1. The third-order valence-corrected chi connectivity index (χ3v) is 6.01. The SMILES string of the molecule is Cn1c(=O)c2[nH]c(C3CCN(C(=O)c4cc(Cl)ccc4Cl)CC3)nc2n(C)c1=O. The predicted molar refractivity (Wildman–Crippen MR) is 111 cm³/mol. The van der Waals surface area contributed by atoms with Crippen LogP contribution in [0.4, 0.5) is 0 Å². The average Bonchev–Trinajstić information content (AvgIpc) is 3.18. The van der Waals surface area contributed by atoms with Gasteiger partial charge in [0.15, 0.2) is 5.65 Å². The molecule has 1 aliphatic rings. The number of aromatic nitrogens is 4. The first-order valence-corrected chi connectivity index (χ1v) is 9.93. The summed E-state index contributed by atoms with van der Waals surface area (Å²) in [5.74, 6) is 0.559. The molecule has 0 aliphatic carbocycles. The van der Waals surface area contributed by atoms with Gasteiger partial charge in [0.1, 0.15) is 11.3 Å². The lowest BCUT2D eigenvalue weighted by Crippen LogP contribution is -2.38. The number of benzene rings is 1. The quantitative estimate of drug-likeness (QED) is 0.667. The minimum absolute atomic E-state index is 0.0566. The normalized spacial score (nSPS) is 15.2. The fourth-order valence-electron chi connectivity index (χ4n) is 3.72. The molecule has 0 spiro atoms. The summed E-state index contributed by atoms with van der Waals surface area (Å²) in [6, 6.07) is 4.84. The summed E-state index contributed by atoms with van der Waals surface area (Å²) in [6.45, 7) is 1.06. The summed E-state index contributed by atoms with van der Waals surface area (Å²) in [6.07, 6.45) is 1.36. The number of amides is 1. The third kappa shape index (κ3) is 3.36. The van der Waals surface area contributed by atoms with Crippen molar-refractivity contribution < 1.29 is 4.79 Å². The Hall–Kier alpha value is -2.58. The molecule has 8 nitrogen and oxygen atoms in total. The molecule has 1 saturated heterocycles. The molecule has 152 valence electrons.